The van der Waals surface area contributed by atoms with E-state index in [1.807, 2.05) is 29.6 Å². The number of likely N-dealkylation sites (tertiary alicyclic amines) is 1. The van der Waals surface area contributed by atoms with Gasteiger partial charge in [0.1, 0.15) is 0 Å². The summed E-state index contributed by atoms with van der Waals surface area (Å²) in [5, 5.41) is 4.97. The van der Waals surface area contributed by atoms with Crippen molar-refractivity contribution in [2.45, 2.75) is 64.3 Å². The average molecular weight is 298 g/mol. The van der Waals surface area contributed by atoms with Crippen LogP contribution in [-0.4, -0.2) is 36.3 Å². The summed E-state index contributed by atoms with van der Waals surface area (Å²) in [5.74, 6) is 0. The molecule has 2 aliphatic rings. The zero-order chi connectivity index (χ0) is 14.6. The number of thioether (sulfide) groups is 1. The standard InChI is InChI=1S/C11H20N2OS.C5H10/c1-10(6-9-15-2)12-11(14)13-7-4-3-5-8-13;1-2-4-5-3-1/h6,9-10H,3-5,7-8H2,1-2H3,(H,12,14);1-5H2/b9-6+;. The monoisotopic (exact) mass is 298 g/mol. The number of rotatable bonds is 3. The van der Waals surface area contributed by atoms with E-state index in [1.54, 1.807) is 11.8 Å². The number of nitrogens with one attached hydrogen (secondary N) is 1. The Labute approximate surface area is 128 Å². The zero-order valence-corrected chi connectivity index (χ0v) is 13.9. The first-order valence-corrected chi connectivity index (χ1v) is 9.27. The number of piperidine rings is 1. The Kier molecular flexibility index (Phi) is 9.63. The molecule has 4 heteroatoms. The first kappa shape index (κ1) is 17.4. The summed E-state index contributed by atoms with van der Waals surface area (Å²) in [7, 11) is 0. The minimum absolute atomic E-state index is 0.0768. The maximum absolute atomic E-state index is 11.7. The predicted octanol–water partition coefficient (Wildman–Crippen LogP) is 4.40. The van der Waals surface area contributed by atoms with Crippen LogP contribution in [0.15, 0.2) is 11.5 Å². The van der Waals surface area contributed by atoms with Gasteiger partial charge in [0.2, 0.25) is 0 Å². The molecule has 0 radical (unpaired) electrons. The topological polar surface area (TPSA) is 32.3 Å². The third kappa shape index (κ3) is 7.83. The van der Waals surface area contributed by atoms with Crippen molar-refractivity contribution in [3.05, 3.63) is 11.5 Å². The fourth-order valence-electron chi connectivity index (χ4n) is 2.51. The number of hydrogen-bond acceptors (Lipinski definition) is 2. The summed E-state index contributed by atoms with van der Waals surface area (Å²) in [5.41, 5.74) is 0. The van der Waals surface area contributed by atoms with Gasteiger partial charge in [-0.25, -0.2) is 4.79 Å². The molecule has 1 aliphatic carbocycles. The molecule has 0 bridgehead atoms. The summed E-state index contributed by atoms with van der Waals surface area (Å²) in [4.78, 5) is 13.7. The van der Waals surface area contributed by atoms with Crippen LogP contribution in [-0.2, 0) is 0 Å². The van der Waals surface area contributed by atoms with E-state index in [0.717, 1.165) is 25.9 Å². The van der Waals surface area contributed by atoms with Gasteiger partial charge in [-0.05, 0) is 37.9 Å². The molecule has 1 saturated heterocycles. The van der Waals surface area contributed by atoms with Gasteiger partial charge < -0.3 is 10.2 Å². The number of nitrogens with zero attached hydrogens (tertiary/aromatic N) is 1. The van der Waals surface area contributed by atoms with Crippen molar-refractivity contribution in [1.82, 2.24) is 10.2 Å². The lowest BCUT2D eigenvalue weighted by atomic mass is 10.1. The first-order chi connectivity index (χ1) is 9.74. The molecule has 1 unspecified atom stereocenters. The highest BCUT2D eigenvalue weighted by molar-refractivity contribution is 8.01. The number of hydrogen-bond donors (Lipinski definition) is 1. The third-order valence-corrected chi connectivity index (χ3v) is 4.18. The Morgan fingerprint density at radius 3 is 2.05 bits per heavy atom. The summed E-state index contributed by atoms with van der Waals surface area (Å²) >= 11 is 1.65. The molecule has 2 rings (SSSR count). The van der Waals surface area contributed by atoms with Crippen molar-refractivity contribution in [2.24, 2.45) is 0 Å². The molecular formula is C16H30N2OS. The summed E-state index contributed by atoms with van der Waals surface area (Å²) < 4.78 is 0. The van der Waals surface area contributed by atoms with E-state index < -0.39 is 0 Å². The van der Waals surface area contributed by atoms with E-state index in [2.05, 4.69) is 5.32 Å². The van der Waals surface area contributed by atoms with Gasteiger partial charge in [0.25, 0.3) is 0 Å². The van der Waals surface area contributed by atoms with E-state index in [9.17, 15) is 4.79 Å². The summed E-state index contributed by atoms with van der Waals surface area (Å²) in [6.07, 6.45) is 15.1. The molecule has 116 valence electrons. The molecule has 0 spiro atoms. The molecule has 1 heterocycles. The highest BCUT2D eigenvalue weighted by Gasteiger charge is 2.16. The van der Waals surface area contributed by atoms with Crippen molar-refractivity contribution >= 4 is 17.8 Å². The molecular weight excluding hydrogens is 268 g/mol. The largest absolute Gasteiger partial charge is 0.332 e. The van der Waals surface area contributed by atoms with E-state index in [0.29, 0.717) is 0 Å². The Bertz CT molecular complexity index is 277. The maximum atomic E-state index is 11.7. The van der Waals surface area contributed by atoms with Gasteiger partial charge in [-0.1, -0.05) is 38.2 Å². The zero-order valence-electron chi connectivity index (χ0n) is 13.1. The van der Waals surface area contributed by atoms with Gasteiger partial charge >= 0.3 is 6.03 Å². The molecule has 3 nitrogen and oxygen atoms in total. The maximum Gasteiger partial charge on any atom is 0.317 e. The lowest BCUT2D eigenvalue weighted by molar-refractivity contribution is 0.185. The van der Waals surface area contributed by atoms with Crippen LogP contribution in [0.1, 0.15) is 58.3 Å². The van der Waals surface area contributed by atoms with Gasteiger partial charge in [-0.2, -0.15) is 0 Å². The van der Waals surface area contributed by atoms with Crippen LogP contribution in [0.25, 0.3) is 0 Å². The van der Waals surface area contributed by atoms with Gasteiger partial charge in [0, 0.05) is 19.1 Å². The lowest BCUT2D eigenvalue weighted by Crippen LogP contribution is -2.45. The van der Waals surface area contributed by atoms with Crippen LogP contribution in [0.3, 0.4) is 0 Å². The average Bonchev–Trinajstić information content (AvgIpc) is 3.05. The van der Waals surface area contributed by atoms with Crippen molar-refractivity contribution in [3.8, 4) is 0 Å². The molecule has 1 saturated carbocycles. The van der Waals surface area contributed by atoms with Gasteiger partial charge in [0.05, 0.1) is 0 Å². The van der Waals surface area contributed by atoms with E-state index in [1.165, 1.54) is 38.5 Å². The second kappa shape index (κ2) is 11.1. The Morgan fingerprint density at radius 2 is 1.55 bits per heavy atom. The van der Waals surface area contributed by atoms with Crippen LogP contribution >= 0.6 is 11.8 Å². The Morgan fingerprint density at radius 1 is 1.05 bits per heavy atom. The van der Waals surface area contributed by atoms with Crippen molar-refractivity contribution < 1.29 is 4.79 Å². The van der Waals surface area contributed by atoms with Gasteiger partial charge in [-0.15, -0.1) is 11.8 Å². The van der Waals surface area contributed by atoms with Crippen molar-refractivity contribution in [2.75, 3.05) is 19.3 Å². The van der Waals surface area contributed by atoms with Crippen molar-refractivity contribution in [3.63, 3.8) is 0 Å². The fourth-order valence-corrected chi connectivity index (χ4v) is 2.90. The molecule has 1 atom stereocenters. The summed E-state index contributed by atoms with van der Waals surface area (Å²) in [6, 6.07) is 0.194. The van der Waals surface area contributed by atoms with Crippen LogP contribution in [0, 0.1) is 0 Å². The van der Waals surface area contributed by atoms with E-state index in [4.69, 9.17) is 0 Å². The molecule has 0 aromatic carbocycles. The predicted molar refractivity (Wildman–Crippen MR) is 89.2 cm³/mol. The SMILES string of the molecule is C1CCCC1.CS/C=C/C(C)NC(=O)N1CCCCC1. The quantitative estimate of drug-likeness (QED) is 0.837. The Balaban J connectivity index is 0.000000333. The molecule has 2 fully saturated rings. The normalized spacial score (nSPS) is 20.4. The van der Waals surface area contributed by atoms with E-state index >= 15 is 0 Å². The number of urea groups is 1. The van der Waals surface area contributed by atoms with Gasteiger partial charge in [-0.3, -0.25) is 0 Å². The van der Waals surface area contributed by atoms with Crippen LogP contribution < -0.4 is 5.32 Å². The minimum Gasteiger partial charge on any atom is -0.332 e. The highest BCUT2D eigenvalue weighted by Crippen LogP contribution is 2.15. The third-order valence-electron chi connectivity index (χ3n) is 3.75. The smallest absolute Gasteiger partial charge is 0.317 e. The number of amides is 2. The lowest BCUT2D eigenvalue weighted by Gasteiger charge is -2.27. The van der Waals surface area contributed by atoms with Gasteiger partial charge in [0.15, 0.2) is 0 Å². The van der Waals surface area contributed by atoms with Crippen LogP contribution in [0.2, 0.25) is 0 Å². The second-order valence-electron chi connectivity index (χ2n) is 5.62. The number of carbonyl (C=O) groups is 1. The second-order valence-corrected chi connectivity index (χ2v) is 6.36. The molecule has 20 heavy (non-hydrogen) atoms. The number of carbonyl (C=O) groups excluding carboxylic acids is 1. The van der Waals surface area contributed by atoms with Crippen molar-refractivity contribution in [1.29, 1.82) is 0 Å². The van der Waals surface area contributed by atoms with Crippen LogP contribution in [0.5, 0.6) is 0 Å². The molecule has 1 N–H and O–H groups in total. The first-order valence-electron chi connectivity index (χ1n) is 7.99. The molecule has 0 aromatic heterocycles. The highest BCUT2D eigenvalue weighted by atomic mass is 32.2. The summed E-state index contributed by atoms with van der Waals surface area (Å²) in [6.45, 7) is 3.81. The molecule has 1 aliphatic heterocycles. The molecule has 0 aromatic rings. The Hall–Kier alpha value is -0.640. The molecule has 2 amide bonds. The van der Waals surface area contributed by atoms with Crippen LogP contribution in [0.4, 0.5) is 4.79 Å². The minimum atomic E-state index is 0.0768. The fraction of sp³-hybridized carbons (Fsp3) is 0.812. The van der Waals surface area contributed by atoms with E-state index in [-0.39, 0.29) is 12.1 Å².